The number of hydrogen-bond acceptors (Lipinski definition) is 1. The zero-order valence-corrected chi connectivity index (χ0v) is 17.0. The Hall–Kier alpha value is 0.461. The number of halogens is 2. The van der Waals surface area contributed by atoms with Crippen molar-refractivity contribution in [3.05, 3.63) is 30.0 Å². The molecule has 117 valence electrons. The average molecular weight is 381 g/mol. The molecule has 0 aromatic carbocycles. The van der Waals surface area contributed by atoms with Gasteiger partial charge in [0.05, 0.1) is 5.91 Å². The van der Waals surface area contributed by atoms with Crippen LogP contribution < -0.4 is 24.8 Å². The van der Waals surface area contributed by atoms with Gasteiger partial charge < -0.3 is 35.3 Å². The first kappa shape index (κ1) is 26.4. The molecule has 0 aliphatic heterocycles. The van der Waals surface area contributed by atoms with Gasteiger partial charge in [-0.1, -0.05) is 19.5 Å². The molecule has 1 amide bonds. The van der Waals surface area contributed by atoms with Crippen LogP contribution in [0.5, 0.6) is 0 Å². The molecule has 3 unspecified atom stereocenters. The van der Waals surface area contributed by atoms with Gasteiger partial charge in [-0.2, -0.15) is 6.08 Å². The molecule has 3 atom stereocenters. The van der Waals surface area contributed by atoms with Gasteiger partial charge in [-0.3, -0.25) is 6.08 Å². The SMILES string of the molecule is C[SiH]C.[C-]1=CC=CC1.[Cl-].[Cl-].[NH-]C(=O)C1CC2CCC1C2.[Ti+4]. The van der Waals surface area contributed by atoms with Gasteiger partial charge in [-0.05, 0) is 31.1 Å². The summed E-state index contributed by atoms with van der Waals surface area (Å²) in [5.74, 6) is 1.20. The van der Waals surface area contributed by atoms with Gasteiger partial charge in [-0.25, -0.2) is 12.2 Å². The molecule has 0 heterocycles. The van der Waals surface area contributed by atoms with Crippen LogP contribution in [0.25, 0.3) is 5.73 Å². The topological polar surface area (TPSA) is 40.9 Å². The van der Waals surface area contributed by atoms with Crippen molar-refractivity contribution in [2.75, 3.05) is 0 Å². The number of amides is 1. The van der Waals surface area contributed by atoms with Crippen molar-refractivity contribution in [1.29, 1.82) is 0 Å². The fourth-order valence-electron chi connectivity index (χ4n) is 2.91. The van der Waals surface area contributed by atoms with Gasteiger partial charge in [0.25, 0.3) is 0 Å². The molecule has 0 aromatic rings. The minimum atomic E-state index is -0.313. The first-order chi connectivity index (χ1) is 8.69. The first-order valence-electron chi connectivity index (χ1n) is 6.90. The van der Waals surface area contributed by atoms with Crippen LogP contribution in [-0.2, 0) is 26.5 Å². The second-order valence-corrected chi connectivity index (χ2v) is 6.38. The summed E-state index contributed by atoms with van der Waals surface area (Å²) in [5.41, 5.74) is 6.99. The second kappa shape index (κ2) is 15.4. The van der Waals surface area contributed by atoms with Crippen LogP contribution in [0, 0.1) is 23.8 Å². The Balaban J connectivity index is -0.000000256. The van der Waals surface area contributed by atoms with Crippen molar-refractivity contribution >= 4 is 15.4 Å². The molecular formula is C15H24Cl2NOSiTi. The van der Waals surface area contributed by atoms with Crippen molar-refractivity contribution in [3.63, 3.8) is 0 Å². The molecule has 2 nitrogen and oxygen atoms in total. The molecule has 3 rings (SSSR count). The average Bonchev–Trinajstić information content (AvgIpc) is 3.09. The number of rotatable bonds is 1. The maximum atomic E-state index is 10.7. The summed E-state index contributed by atoms with van der Waals surface area (Å²) in [6, 6.07) is 0. The van der Waals surface area contributed by atoms with Crippen LogP contribution >= 0.6 is 0 Å². The largest absolute Gasteiger partial charge is 4.00 e. The summed E-state index contributed by atoms with van der Waals surface area (Å²) in [6.45, 7) is 4.42. The molecule has 1 N–H and O–H groups in total. The quantitative estimate of drug-likeness (QED) is 0.377. The third-order valence-electron chi connectivity index (χ3n) is 3.66. The summed E-state index contributed by atoms with van der Waals surface area (Å²) in [4.78, 5) is 10.7. The fraction of sp³-hybridized carbons (Fsp3) is 0.667. The third-order valence-corrected chi connectivity index (χ3v) is 3.66. The molecule has 3 aliphatic carbocycles. The maximum Gasteiger partial charge on any atom is 4.00 e. The van der Waals surface area contributed by atoms with Crippen LogP contribution in [0.15, 0.2) is 18.2 Å². The van der Waals surface area contributed by atoms with E-state index >= 15 is 0 Å². The maximum absolute atomic E-state index is 10.7. The first-order valence-corrected chi connectivity index (χ1v) is 9.21. The van der Waals surface area contributed by atoms with Crippen molar-refractivity contribution in [1.82, 2.24) is 0 Å². The van der Waals surface area contributed by atoms with Crippen LogP contribution in [0.2, 0.25) is 13.1 Å². The smallest absolute Gasteiger partial charge is 1.00 e. The summed E-state index contributed by atoms with van der Waals surface area (Å²) >= 11 is 0. The molecule has 1 radical (unpaired) electrons. The molecular weight excluding hydrogens is 357 g/mol. The van der Waals surface area contributed by atoms with E-state index in [9.17, 15) is 4.79 Å². The van der Waals surface area contributed by atoms with Crippen molar-refractivity contribution in [2.24, 2.45) is 17.8 Å². The standard InChI is InChI=1S/C8H13NO.C5H5.C2H7Si.2ClH.Ti/c9-8(10)7-4-5-1-2-6(7)3-5;1-2-4-5-3-1;1-3-2;;;/h5-7H,1-4H2,(H2,9,10);1-3H,4H2;3H,1-2H3;2*1H;/q;-1;;;;+4/p-3. The Kier molecular flexibility index (Phi) is 19.3. The monoisotopic (exact) mass is 380 g/mol. The van der Waals surface area contributed by atoms with E-state index < -0.39 is 0 Å². The Morgan fingerprint density at radius 3 is 2.05 bits per heavy atom. The number of hydrogen-bond donors (Lipinski definition) is 0. The van der Waals surface area contributed by atoms with E-state index in [0.717, 1.165) is 28.3 Å². The van der Waals surface area contributed by atoms with Crippen LogP contribution in [0.3, 0.4) is 0 Å². The Labute approximate surface area is 159 Å². The normalized spacial score (nSPS) is 26.1. The van der Waals surface area contributed by atoms with E-state index in [1.165, 1.54) is 19.3 Å². The predicted molar refractivity (Wildman–Crippen MR) is 78.7 cm³/mol. The van der Waals surface area contributed by atoms with Crippen molar-refractivity contribution in [2.45, 2.75) is 45.2 Å². The van der Waals surface area contributed by atoms with Gasteiger partial charge in [-0.15, -0.1) is 6.42 Å². The van der Waals surface area contributed by atoms with E-state index in [0.29, 0.717) is 5.92 Å². The van der Waals surface area contributed by atoms with Gasteiger partial charge in [0.1, 0.15) is 0 Å². The minimum absolute atomic E-state index is 0. The third kappa shape index (κ3) is 9.96. The number of allylic oxidation sites excluding steroid dienone is 4. The van der Waals surface area contributed by atoms with Gasteiger partial charge in [0.2, 0.25) is 0 Å². The van der Waals surface area contributed by atoms with E-state index in [1.54, 1.807) is 0 Å². The fourth-order valence-corrected chi connectivity index (χ4v) is 2.91. The van der Waals surface area contributed by atoms with Gasteiger partial charge in [0.15, 0.2) is 0 Å². The van der Waals surface area contributed by atoms with E-state index in [4.69, 9.17) is 5.73 Å². The van der Waals surface area contributed by atoms with Crippen LogP contribution in [0.4, 0.5) is 0 Å². The zero-order chi connectivity index (χ0) is 13.4. The molecule has 2 saturated carbocycles. The Bertz CT molecular complexity index is 317. The summed E-state index contributed by atoms with van der Waals surface area (Å²) < 4.78 is 0. The molecule has 6 heteroatoms. The predicted octanol–water partition coefficient (Wildman–Crippen LogP) is -2.17. The van der Waals surface area contributed by atoms with E-state index in [2.05, 4.69) is 25.2 Å². The summed E-state index contributed by atoms with van der Waals surface area (Å²) in [7, 11) is 0.750. The molecule has 21 heavy (non-hydrogen) atoms. The number of carbonyl (C=O) groups is 1. The summed E-state index contributed by atoms with van der Waals surface area (Å²) in [6.07, 6.45) is 14.8. The molecule has 0 saturated heterocycles. The molecule has 3 aliphatic rings. The van der Waals surface area contributed by atoms with Crippen LogP contribution in [0.1, 0.15) is 32.1 Å². The summed E-state index contributed by atoms with van der Waals surface area (Å²) in [5, 5.41) is 0. The zero-order valence-electron chi connectivity index (χ0n) is 12.7. The molecule has 0 spiro atoms. The number of nitrogens with one attached hydrogen (secondary N) is 1. The Morgan fingerprint density at radius 2 is 1.86 bits per heavy atom. The van der Waals surface area contributed by atoms with Crippen LogP contribution in [-0.4, -0.2) is 15.4 Å². The van der Waals surface area contributed by atoms with Gasteiger partial charge in [0, 0.05) is 15.4 Å². The molecule has 2 bridgehead atoms. The Morgan fingerprint density at radius 1 is 1.24 bits per heavy atom. The van der Waals surface area contributed by atoms with Crippen molar-refractivity contribution in [3.8, 4) is 0 Å². The van der Waals surface area contributed by atoms with Gasteiger partial charge >= 0.3 is 21.7 Å². The van der Waals surface area contributed by atoms with E-state index in [1.807, 2.05) is 12.2 Å². The number of fused-ring (bicyclic) bond motifs is 2. The van der Waals surface area contributed by atoms with Crippen molar-refractivity contribution < 1.29 is 51.3 Å². The molecule has 0 aromatic heterocycles. The molecule has 2 fully saturated rings. The number of carbonyl (C=O) groups excluding carboxylic acids is 1. The van der Waals surface area contributed by atoms with E-state index in [-0.39, 0.29) is 58.4 Å². The minimum Gasteiger partial charge on any atom is -1.00 e. The second-order valence-electron chi connectivity index (χ2n) is 5.23.